The number of benzene rings is 1. The number of imidazole rings is 1. The number of hydrogen-bond acceptors (Lipinski definition) is 6. The first-order valence-corrected chi connectivity index (χ1v) is 9.92. The van der Waals surface area contributed by atoms with Gasteiger partial charge in [-0.3, -0.25) is 0 Å². The highest BCUT2D eigenvalue weighted by Gasteiger charge is 2.34. The molecule has 0 spiro atoms. The lowest BCUT2D eigenvalue weighted by Crippen LogP contribution is -2.25. The Kier molecular flexibility index (Phi) is 7.24. The number of nitrogens with one attached hydrogen (secondary N) is 1. The third-order valence-electron chi connectivity index (χ3n) is 4.39. The molecular formula is C18H16Cl2F4N6O2. The number of ether oxygens (including phenoxy) is 1. The smallest absolute Gasteiger partial charge is 0.417 e. The van der Waals surface area contributed by atoms with E-state index in [1.807, 2.05) is 0 Å². The summed E-state index contributed by atoms with van der Waals surface area (Å²) in [5.74, 6) is -0.0627. The molecule has 0 unspecified atom stereocenters. The second-order valence-electron chi connectivity index (χ2n) is 6.57. The molecule has 3 rings (SSSR count). The SMILES string of the molecule is Nc1nc(F)nc2c1ncn2CCCCOC(=O)NCc1c(Cl)ccc(C(F)(F)F)c1Cl. The van der Waals surface area contributed by atoms with Gasteiger partial charge in [0.05, 0.1) is 23.5 Å². The lowest BCUT2D eigenvalue weighted by Gasteiger charge is -2.14. The van der Waals surface area contributed by atoms with Gasteiger partial charge in [-0.1, -0.05) is 23.2 Å². The molecule has 0 radical (unpaired) electrons. The van der Waals surface area contributed by atoms with Crippen LogP contribution >= 0.6 is 23.2 Å². The lowest BCUT2D eigenvalue weighted by molar-refractivity contribution is -0.137. The summed E-state index contributed by atoms with van der Waals surface area (Å²) in [6.07, 6.45) is -4.02. The molecule has 3 aromatic rings. The number of nitrogen functional groups attached to an aromatic ring is 1. The van der Waals surface area contributed by atoms with Crippen LogP contribution in [-0.2, 0) is 24.0 Å². The van der Waals surface area contributed by atoms with Crippen LogP contribution in [0.2, 0.25) is 10.0 Å². The minimum Gasteiger partial charge on any atom is -0.450 e. The predicted octanol–water partition coefficient (Wildman–Crippen LogP) is 4.58. The fourth-order valence-electron chi connectivity index (χ4n) is 2.84. The quantitative estimate of drug-likeness (QED) is 0.282. The molecular weight excluding hydrogens is 479 g/mol. The number of hydrogen-bond donors (Lipinski definition) is 2. The van der Waals surface area contributed by atoms with E-state index in [0.717, 1.165) is 12.1 Å². The number of nitrogens with two attached hydrogens (primary N) is 1. The summed E-state index contributed by atoms with van der Waals surface area (Å²) < 4.78 is 58.8. The molecule has 2 aromatic heterocycles. The number of aromatic nitrogens is 4. The average Bonchev–Trinajstić information content (AvgIpc) is 3.09. The maximum Gasteiger partial charge on any atom is 0.417 e. The van der Waals surface area contributed by atoms with E-state index in [-0.39, 0.29) is 40.7 Å². The first kappa shape index (κ1) is 23.8. The van der Waals surface area contributed by atoms with Gasteiger partial charge in [0.1, 0.15) is 5.52 Å². The van der Waals surface area contributed by atoms with Crippen molar-refractivity contribution in [3.8, 4) is 0 Å². The standard InChI is InChI=1S/C18H16Cl2F4N6O2/c19-11-4-3-10(18(22,23)24)12(20)9(11)7-26-17(31)32-6-2-1-5-30-8-27-13-14(25)28-16(21)29-15(13)30/h3-4,8H,1-2,5-7H2,(H,26,31)(H2,25,28,29). The number of unbranched alkanes of at least 4 members (excludes halogenated alkanes) is 1. The zero-order chi connectivity index (χ0) is 23.5. The third kappa shape index (κ3) is 5.49. The molecule has 0 aliphatic heterocycles. The first-order valence-electron chi connectivity index (χ1n) is 9.16. The maximum atomic E-state index is 13.3. The molecule has 0 fully saturated rings. The van der Waals surface area contributed by atoms with Gasteiger partial charge in [-0.2, -0.15) is 27.5 Å². The molecule has 1 amide bonds. The van der Waals surface area contributed by atoms with Gasteiger partial charge in [-0.05, 0) is 25.0 Å². The Balaban J connectivity index is 1.46. The Bertz CT molecular complexity index is 1140. The number of fused-ring (bicyclic) bond motifs is 1. The van der Waals surface area contributed by atoms with Crippen molar-refractivity contribution in [3.05, 3.63) is 45.7 Å². The summed E-state index contributed by atoms with van der Waals surface area (Å²) >= 11 is 11.7. The molecule has 0 saturated heterocycles. The number of carbonyl (C=O) groups excluding carboxylic acids is 1. The zero-order valence-electron chi connectivity index (χ0n) is 16.2. The Morgan fingerprint density at radius 2 is 1.97 bits per heavy atom. The summed E-state index contributed by atoms with van der Waals surface area (Å²) in [6.45, 7) is 0.106. The van der Waals surface area contributed by atoms with Gasteiger partial charge in [0, 0.05) is 23.7 Å². The number of halogens is 6. The van der Waals surface area contributed by atoms with Crippen LogP contribution in [0.3, 0.4) is 0 Å². The van der Waals surface area contributed by atoms with Crippen molar-refractivity contribution in [2.75, 3.05) is 12.3 Å². The highest BCUT2D eigenvalue weighted by Crippen LogP contribution is 2.38. The van der Waals surface area contributed by atoms with Crippen molar-refractivity contribution in [2.45, 2.75) is 32.1 Å². The number of anilines is 1. The number of alkyl halides is 3. The van der Waals surface area contributed by atoms with Crippen LogP contribution in [0.4, 0.5) is 28.2 Å². The van der Waals surface area contributed by atoms with Crippen molar-refractivity contribution in [3.63, 3.8) is 0 Å². The van der Waals surface area contributed by atoms with Crippen LogP contribution in [0.1, 0.15) is 24.0 Å². The van der Waals surface area contributed by atoms with Crippen LogP contribution < -0.4 is 11.1 Å². The van der Waals surface area contributed by atoms with Crippen molar-refractivity contribution >= 4 is 46.3 Å². The van der Waals surface area contributed by atoms with Gasteiger partial charge in [-0.15, -0.1) is 0 Å². The van der Waals surface area contributed by atoms with Crippen molar-refractivity contribution in [1.82, 2.24) is 24.8 Å². The van der Waals surface area contributed by atoms with Gasteiger partial charge in [0.25, 0.3) is 0 Å². The number of amides is 1. The molecule has 1 aromatic carbocycles. The second-order valence-corrected chi connectivity index (χ2v) is 7.36. The Hall–Kier alpha value is -2.86. The molecule has 0 aliphatic carbocycles. The highest BCUT2D eigenvalue weighted by molar-refractivity contribution is 6.36. The highest BCUT2D eigenvalue weighted by atomic mass is 35.5. The van der Waals surface area contributed by atoms with Crippen LogP contribution in [-0.4, -0.2) is 32.2 Å². The Morgan fingerprint density at radius 1 is 1.22 bits per heavy atom. The summed E-state index contributed by atoms with van der Waals surface area (Å²) in [5.41, 5.74) is 5.02. The van der Waals surface area contributed by atoms with E-state index in [1.165, 1.54) is 6.33 Å². The molecule has 172 valence electrons. The van der Waals surface area contributed by atoms with E-state index in [0.29, 0.717) is 19.4 Å². The van der Waals surface area contributed by atoms with E-state index in [4.69, 9.17) is 33.7 Å². The molecule has 3 N–H and O–H groups in total. The molecule has 14 heteroatoms. The number of aryl methyl sites for hydroxylation is 1. The number of carbonyl (C=O) groups is 1. The normalized spacial score (nSPS) is 11.7. The number of rotatable bonds is 7. The lowest BCUT2D eigenvalue weighted by atomic mass is 10.1. The maximum absolute atomic E-state index is 13.3. The van der Waals surface area contributed by atoms with Crippen LogP contribution in [0.25, 0.3) is 11.2 Å². The summed E-state index contributed by atoms with van der Waals surface area (Å²) in [5, 5.41) is 1.71. The molecule has 2 heterocycles. The first-order chi connectivity index (χ1) is 15.1. The fourth-order valence-corrected chi connectivity index (χ4v) is 3.45. The van der Waals surface area contributed by atoms with Gasteiger partial charge in [0.15, 0.2) is 11.5 Å². The minimum absolute atomic E-state index is 0.0169. The van der Waals surface area contributed by atoms with Gasteiger partial charge in [0.2, 0.25) is 0 Å². The molecule has 0 aliphatic rings. The van der Waals surface area contributed by atoms with Gasteiger partial charge in [-0.25, -0.2) is 9.78 Å². The second kappa shape index (κ2) is 9.74. The van der Waals surface area contributed by atoms with Crippen LogP contribution in [0.15, 0.2) is 18.5 Å². The third-order valence-corrected chi connectivity index (χ3v) is 5.18. The molecule has 32 heavy (non-hydrogen) atoms. The van der Waals surface area contributed by atoms with Crippen molar-refractivity contribution in [2.24, 2.45) is 0 Å². The van der Waals surface area contributed by atoms with Crippen LogP contribution in [0, 0.1) is 6.08 Å². The van der Waals surface area contributed by atoms with Crippen molar-refractivity contribution < 1.29 is 27.1 Å². The molecule has 0 atom stereocenters. The van der Waals surface area contributed by atoms with E-state index in [9.17, 15) is 22.4 Å². The molecule has 8 nitrogen and oxygen atoms in total. The molecule has 0 bridgehead atoms. The largest absolute Gasteiger partial charge is 0.450 e. The summed E-state index contributed by atoms with van der Waals surface area (Å²) in [4.78, 5) is 22.9. The average molecular weight is 495 g/mol. The number of nitrogens with zero attached hydrogens (tertiary/aromatic N) is 4. The van der Waals surface area contributed by atoms with E-state index in [2.05, 4.69) is 20.3 Å². The summed E-state index contributed by atoms with van der Waals surface area (Å²) in [7, 11) is 0. The van der Waals surface area contributed by atoms with Crippen LogP contribution in [0.5, 0.6) is 0 Å². The molecule has 0 saturated carbocycles. The topological polar surface area (TPSA) is 108 Å². The van der Waals surface area contributed by atoms with E-state index in [1.54, 1.807) is 4.57 Å². The monoisotopic (exact) mass is 494 g/mol. The van der Waals surface area contributed by atoms with Gasteiger partial charge >= 0.3 is 18.3 Å². The minimum atomic E-state index is -4.65. The van der Waals surface area contributed by atoms with Crippen molar-refractivity contribution in [1.29, 1.82) is 0 Å². The van der Waals surface area contributed by atoms with Gasteiger partial charge < -0.3 is 20.4 Å². The zero-order valence-corrected chi connectivity index (χ0v) is 17.7. The van der Waals surface area contributed by atoms with E-state index >= 15 is 0 Å². The van der Waals surface area contributed by atoms with E-state index < -0.39 is 28.9 Å². The summed E-state index contributed by atoms with van der Waals surface area (Å²) in [6, 6.07) is 1.83. The fraction of sp³-hybridized carbons (Fsp3) is 0.333. The Morgan fingerprint density at radius 3 is 2.69 bits per heavy atom. The number of alkyl carbamates (subject to hydrolysis) is 1. The Labute approximate surface area is 188 Å². The predicted molar refractivity (Wildman–Crippen MR) is 109 cm³/mol.